The lowest BCUT2D eigenvalue weighted by atomic mass is 10.1. The maximum atomic E-state index is 10.7. The van der Waals surface area contributed by atoms with Gasteiger partial charge < -0.3 is 10.2 Å². The van der Waals surface area contributed by atoms with E-state index in [0.29, 0.717) is 19.6 Å². The molecule has 0 saturated heterocycles. The number of aromatic nitrogens is 2. The van der Waals surface area contributed by atoms with Gasteiger partial charge in [0.1, 0.15) is 0 Å². The van der Waals surface area contributed by atoms with Crippen LogP contribution in [0.25, 0.3) is 0 Å². The van der Waals surface area contributed by atoms with Gasteiger partial charge in [0.25, 0.3) is 0 Å². The zero-order valence-corrected chi connectivity index (χ0v) is 9.34. The van der Waals surface area contributed by atoms with E-state index in [2.05, 4.69) is 5.10 Å². The summed E-state index contributed by atoms with van der Waals surface area (Å²) in [5, 5.41) is 22.7. The molecule has 2 N–H and O–H groups in total. The number of hydrogen-bond donors (Lipinski definition) is 2. The molecule has 0 fully saturated rings. The van der Waals surface area contributed by atoms with E-state index >= 15 is 0 Å². The molecule has 0 radical (unpaired) electrons. The quantitative estimate of drug-likeness (QED) is 0.774. The molecule has 6 heteroatoms. The minimum Gasteiger partial charge on any atom is -0.465 e. The number of amides is 1. The Bertz CT molecular complexity index is 396. The molecule has 2 rings (SSSR count). The summed E-state index contributed by atoms with van der Waals surface area (Å²) in [5.41, 5.74) is 0.894. The topological polar surface area (TPSA) is 78.6 Å². The van der Waals surface area contributed by atoms with E-state index in [1.165, 1.54) is 4.90 Å². The first-order valence-electron chi connectivity index (χ1n) is 5.10. The third-order valence-corrected chi connectivity index (χ3v) is 2.45. The Morgan fingerprint density at radius 1 is 1.56 bits per heavy atom. The second-order valence-corrected chi connectivity index (χ2v) is 4.75. The van der Waals surface area contributed by atoms with Crippen LogP contribution in [0.3, 0.4) is 0 Å². The normalized spacial score (nSPS) is 15.3. The van der Waals surface area contributed by atoms with Crippen LogP contribution in [0.2, 0.25) is 0 Å². The van der Waals surface area contributed by atoms with Gasteiger partial charge in [0.15, 0.2) is 0 Å². The molecule has 6 nitrogen and oxygen atoms in total. The summed E-state index contributed by atoms with van der Waals surface area (Å²) in [6, 6.07) is 0. The van der Waals surface area contributed by atoms with Gasteiger partial charge >= 0.3 is 6.09 Å². The molecule has 0 aromatic carbocycles. The summed E-state index contributed by atoms with van der Waals surface area (Å²) in [6.45, 7) is 4.56. The summed E-state index contributed by atoms with van der Waals surface area (Å²) < 4.78 is 1.67. The standard InChI is InChI=1S/C10H15N3O3/c1-10(2,16)6-13-4-7-3-12(9(14)15)5-8(7)11-13/h4,16H,3,5-6H2,1-2H3,(H,14,15). The van der Waals surface area contributed by atoms with Crippen molar-refractivity contribution in [2.75, 3.05) is 0 Å². The van der Waals surface area contributed by atoms with Gasteiger partial charge in [-0.05, 0) is 13.8 Å². The fourth-order valence-electron chi connectivity index (χ4n) is 1.82. The van der Waals surface area contributed by atoms with Gasteiger partial charge in [-0.15, -0.1) is 0 Å². The van der Waals surface area contributed by atoms with Crippen LogP contribution in [0.5, 0.6) is 0 Å². The van der Waals surface area contributed by atoms with Crippen molar-refractivity contribution < 1.29 is 15.0 Å². The minimum atomic E-state index is -0.924. The van der Waals surface area contributed by atoms with Crippen LogP contribution in [0.15, 0.2) is 6.20 Å². The lowest BCUT2D eigenvalue weighted by molar-refractivity contribution is 0.0573. The third kappa shape index (κ3) is 2.16. The second-order valence-electron chi connectivity index (χ2n) is 4.75. The Balaban J connectivity index is 2.10. The molecular weight excluding hydrogens is 210 g/mol. The van der Waals surface area contributed by atoms with E-state index in [4.69, 9.17) is 5.11 Å². The lowest BCUT2D eigenvalue weighted by Gasteiger charge is -2.17. The minimum absolute atomic E-state index is 0.337. The summed E-state index contributed by atoms with van der Waals surface area (Å²) in [5.74, 6) is 0. The third-order valence-electron chi connectivity index (χ3n) is 2.45. The van der Waals surface area contributed by atoms with Crippen molar-refractivity contribution in [3.63, 3.8) is 0 Å². The molecule has 1 aromatic heterocycles. The Labute approximate surface area is 93.1 Å². The average Bonchev–Trinajstić information content (AvgIpc) is 2.56. The predicted octanol–water partition coefficient (Wildman–Crippen LogP) is 0.648. The van der Waals surface area contributed by atoms with Crippen LogP contribution >= 0.6 is 0 Å². The molecule has 2 heterocycles. The lowest BCUT2D eigenvalue weighted by Crippen LogP contribution is -2.27. The van der Waals surface area contributed by atoms with Crippen LogP contribution < -0.4 is 0 Å². The van der Waals surface area contributed by atoms with Crippen LogP contribution in [-0.4, -0.2) is 36.6 Å². The van der Waals surface area contributed by atoms with Gasteiger partial charge in [0.2, 0.25) is 0 Å². The van der Waals surface area contributed by atoms with Crippen molar-refractivity contribution in [2.45, 2.75) is 39.1 Å². The highest BCUT2D eigenvalue weighted by atomic mass is 16.4. The summed E-state index contributed by atoms with van der Waals surface area (Å²) in [7, 11) is 0. The van der Waals surface area contributed by atoms with E-state index in [0.717, 1.165) is 11.3 Å². The Hall–Kier alpha value is -1.56. The Morgan fingerprint density at radius 3 is 2.75 bits per heavy atom. The molecule has 0 aliphatic carbocycles. The van der Waals surface area contributed by atoms with Crippen molar-refractivity contribution in [1.29, 1.82) is 0 Å². The summed E-state index contributed by atoms with van der Waals surface area (Å²) >= 11 is 0. The molecule has 88 valence electrons. The Morgan fingerprint density at radius 2 is 2.25 bits per heavy atom. The van der Waals surface area contributed by atoms with Crippen molar-refractivity contribution in [3.05, 3.63) is 17.5 Å². The van der Waals surface area contributed by atoms with Gasteiger partial charge in [-0.3, -0.25) is 9.58 Å². The van der Waals surface area contributed by atoms with E-state index in [9.17, 15) is 9.90 Å². The largest absolute Gasteiger partial charge is 0.465 e. The molecule has 1 aliphatic heterocycles. The van der Waals surface area contributed by atoms with Crippen molar-refractivity contribution in [2.24, 2.45) is 0 Å². The SMILES string of the molecule is CC(C)(O)Cn1cc2c(n1)CN(C(=O)O)C2. The van der Waals surface area contributed by atoms with Gasteiger partial charge in [-0.2, -0.15) is 5.10 Å². The van der Waals surface area contributed by atoms with Gasteiger partial charge in [0.05, 0.1) is 30.9 Å². The molecule has 1 aromatic rings. The van der Waals surface area contributed by atoms with Crippen LogP contribution in [0, 0.1) is 0 Å². The first kappa shape index (κ1) is 10.9. The van der Waals surface area contributed by atoms with E-state index in [1.54, 1.807) is 24.7 Å². The second kappa shape index (κ2) is 3.48. The summed E-state index contributed by atoms with van der Waals surface area (Å²) in [4.78, 5) is 12.0. The number of carbonyl (C=O) groups is 1. The number of aliphatic hydroxyl groups is 1. The number of carboxylic acid groups (broad SMARTS) is 1. The monoisotopic (exact) mass is 225 g/mol. The van der Waals surface area contributed by atoms with Crippen molar-refractivity contribution in [1.82, 2.24) is 14.7 Å². The van der Waals surface area contributed by atoms with E-state index in [1.807, 2.05) is 0 Å². The first-order valence-corrected chi connectivity index (χ1v) is 5.10. The molecule has 16 heavy (non-hydrogen) atoms. The van der Waals surface area contributed by atoms with Crippen LogP contribution in [-0.2, 0) is 19.6 Å². The fourth-order valence-corrected chi connectivity index (χ4v) is 1.82. The first-order chi connectivity index (χ1) is 7.35. The van der Waals surface area contributed by atoms with Gasteiger partial charge in [-0.1, -0.05) is 0 Å². The highest BCUT2D eigenvalue weighted by Crippen LogP contribution is 2.21. The van der Waals surface area contributed by atoms with Gasteiger partial charge in [0, 0.05) is 11.8 Å². The average molecular weight is 225 g/mol. The molecule has 0 bridgehead atoms. The maximum absolute atomic E-state index is 10.7. The highest BCUT2D eigenvalue weighted by molar-refractivity contribution is 5.66. The maximum Gasteiger partial charge on any atom is 0.407 e. The molecule has 0 spiro atoms. The molecular formula is C10H15N3O3. The molecule has 0 saturated carbocycles. The zero-order valence-electron chi connectivity index (χ0n) is 9.34. The number of fused-ring (bicyclic) bond motifs is 1. The van der Waals surface area contributed by atoms with E-state index in [-0.39, 0.29) is 0 Å². The van der Waals surface area contributed by atoms with E-state index < -0.39 is 11.7 Å². The van der Waals surface area contributed by atoms with Crippen molar-refractivity contribution >= 4 is 6.09 Å². The zero-order chi connectivity index (χ0) is 11.9. The van der Waals surface area contributed by atoms with Crippen molar-refractivity contribution in [3.8, 4) is 0 Å². The molecule has 0 atom stereocenters. The van der Waals surface area contributed by atoms with Crippen LogP contribution in [0.1, 0.15) is 25.1 Å². The van der Waals surface area contributed by atoms with Gasteiger partial charge in [-0.25, -0.2) is 4.79 Å². The number of rotatable bonds is 2. The number of hydrogen-bond acceptors (Lipinski definition) is 3. The smallest absolute Gasteiger partial charge is 0.407 e. The molecule has 1 aliphatic rings. The number of nitrogens with zero attached hydrogens (tertiary/aromatic N) is 3. The predicted molar refractivity (Wildman–Crippen MR) is 55.8 cm³/mol. The molecule has 1 amide bonds. The fraction of sp³-hybridized carbons (Fsp3) is 0.600. The summed E-state index contributed by atoms with van der Waals surface area (Å²) in [6.07, 6.45) is 0.878. The highest BCUT2D eigenvalue weighted by Gasteiger charge is 2.26. The molecule has 0 unspecified atom stereocenters. The Kier molecular flexibility index (Phi) is 2.38. The van der Waals surface area contributed by atoms with Crippen LogP contribution in [0.4, 0.5) is 4.79 Å².